The Hall–Kier alpha value is -0.0436. The number of likely N-dealkylation sites (N-methyl/N-ethyl adjacent to an activating group) is 2. The summed E-state index contributed by atoms with van der Waals surface area (Å²) in [5.74, 6) is 0. The molecular weight excluding hydrogens is 441 g/mol. The summed E-state index contributed by atoms with van der Waals surface area (Å²) in [5, 5.41) is 2.91. The standard InChI is InChI=1S/C21H35N5O3S.K/c1-24(2)11-13-26(14-12-25(3)4)30(28,29)23-21(27)22-20-18-9-5-7-16(18)15-17-8-6-10-19(17)20;/h15H,5-14H2,1-4H3,(H2,22,23,27);. The molecule has 8 nitrogen and oxygen atoms in total. The van der Waals surface area contributed by atoms with Gasteiger partial charge in [-0.1, -0.05) is 6.07 Å². The van der Waals surface area contributed by atoms with E-state index in [0.29, 0.717) is 26.2 Å². The maximum atomic E-state index is 12.9. The Morgan fingerprint density at radius 2 is 1.35 bits per heavy atom. The average molecular weight is 477 g/mol. The van der Waals surface area contributed by atoms with Crippen molar-refractivity contribution in [1.29, 1.82) is 0 Å². The second-order valence-corrected chi connectivity index (χ2v) is 10.5. The molecule has 10 heteroatoms. The predicted molar refractivity (Wildman–Crippen MR) is 126 cm³/mol. The molecule has 1 aromatic rings. The fourth-order valence-electron chi connectivity index (χ4n) is 4.26. The Bertz CT molecular complexity index is 845. The smallest absolute Gasteiger partial charge is 0.308 e. The molecule has 0 fully saturated rings. The predicted octanol–water partition coefficient (Wildman–Crippen LogP) is 1.07. The molecule has 3 rings (SSSR count). The Morgan fingerprint density at radius 3 is 1.81 bits per heavy atom. The summed E-state index contributed by atoms with van der Waals surface area (Å²) in [6.45, 7) is 1.80. The number of fused-ring (bicyclic) bond motifs is 2. The first-order chi connectivity index (χ1) is 14.2. The molecule has 0 unspecified atom stereocenters. The molecule has 0 aromatic heterocycles. The van der Waals surface area contributed by atoms with E-state index in [2.05, 4.69) is 16.1 Å². The third kappa shape index (κ3) is 7.22. The summed E-state index contributed by atoms with van der Waals surface area (Å²) in [6, 6.07) is 1.61. The van der Waals surface area contributed by atoms with Gasteiger partial charge >= 0.3 is 16.2 Å². The van der Waals surface area contributed by atoms with Gasteiger partial charge in [0, 0.05) is 83.3 Å². The fraction of sp³-hybridized carbons (Fsp3) is 0.667. The van der Waals surface area contributed by atoms with Crippen molar-refractivity contribution in [2.45, 2.75) is 38.5 Å². The molecule has 0 heterocycles. The zero-order valence-electron chi connectivity index (χ0n) is 19.6. The molecular formula is C21H35KN5O3S. The Labute approximate surface area is 229 Å². The summed E-state index contributed by atoms with van der Waals surface area (Å²) in [7, 11) is 3.64. The number of urea groups is 1. The first-order valence-corrected chi connectivity index (χ1v) is 12.2. The number of nitrogens with one attached hydrogen (secondary N) is 2. The summed E-state index contributed by atoms with van der Waals surface area (Å²) in [5.41, 5.74) is 5.80. The van der Waals surface area contributed by atoms with Crippen LogP contribution in [0.2, 0.25) is 0 Å². The van der Waals surface area contributed by atoms with Gasteiger partial charge in [0.15, 0.2) is 0 Å². The van der Waals surface area contributed by atoms with Crippen LogP contribution in [0.1, 0.15) is 35.1 Å². The van der Waals surface area contributed by atoms with Gasteiger partial charge in [-0.15, -0.1) is 0 Å². The van der Waals surface area contributed by atoms with Gasteiger partial charge in [-0.05, 0) is 89.0 Å². The first kappa shape index (κ1) is 27.2. The maximum absolute atomic E-state index is 12.9. The molecule has 0 aliphatic heterocycles. The van der Waals surface area contributed by atoms with Crippen molar-refractivity contribution in [3.8, 4) is 0 Å². The second kappa shape index (κ2) is 11.9. The molecule has 1 radical (unpaired) electrons. The van der Waals surface area contributed by atoms with Gasteiger partial charge < -0.3 is 15.1 Å². The topological polar surface area (TPSA) is 85.0 Å². The first-order valence-electron chi connectivity index (χ1n) is 10.7. The van der Waals surface area contributed by atoms with E-state index in [4.69, 9.17) is 0 Å². The zero-order chi connectivity index (χ0) is 21.9. The van der Waals surface area contributed by atoms with Crippen LogP contribution < -0.4 is 10.0 Å². The number of carbonyl (C=O) groups excluding carboxylic acids is 1. The third-order valence-electron chi connectivity index (χ3n) is 5.87. The van der Waals surface area contributed by atoms with Crippen LogP contribution in [0, 0.1) is 0 Å². The molecule has 0 saturated carbocycles. The average Bonchev–Trinajstić information content (AvgIpc) is 3.29. The van der Waals surface area contributed by atoms with Crippen LogP contribution >= 0.6 is 0 Å². The minimum Gasteiger partial charge on any atom is -0.308 e. The quantitative estimate of drug-likeness (QED) is 0.521. The third-order valence-corrected chi connectivity index (χ3v) is 7.35. The summed E-state index contributed by atoms with van der Waals surface area (Å²) in [6.07, 6.45) is 6.08. The molecule has 2 N–H and O–H groups in total. The molecule has 0 bridgehead atoms. The van der Waals surface area contributed by atoms with Gasteiger partial charge in [0.05, 0.1) is 0 Å². The number of rotatable bonds is 9. The molecule has 2 aliphatic carbocycles. The minimum atomic E-state index is -3.94. The maximum Gasteiger partial charge on any atom is 0.333 e. The molecule has 2 aliphatic rings. The minimum absolute atomic E-state index is 0. The molecule has 0 spiro atoms. The summed E-state index contributed by atoms with van der Waals surface area (Å²) in [4.78, 5) is 16.6. The van der Waals surface area contributed by atoms with Crippen molar-refractivity contribution in [3.05, 3.63) is 28.3 Å². The van der Waals surface area contributed by atoms with Crippen LogP contribution in [-0.2, 0) is 35.9 Å². The number of amides is 2. The number of anilines is 1. The van der Waals surface area contributed by atoms with Gasteiger partial charge in [0.1, 0.15) is 0 Å². The van der Waals surface area contributed by atoms with E-state index >= 15 is 0 Å². The number of aryl methyl sites for hydroxylation is 2. The molecule has 1 aromatic carbocycles. The number of nitrogens with zero attached hydrogens (tertiary/aromatic N) is 3. The monoisotopic (exact) mass is 476 g/mol. The van der Waals surface area contributed by atoms with E-state index in [-0.39, 0.29) is 51.4 Å². The van der Waals surface area contributed by atoms with Gasteiger partial charge in [-0.2, -0.15) is 12.7 Å². The van der Waals surface area contributed by atoms with Gasteiger partial charge in [0.25, 0.3) is 0 Å². The van der Waals surface area contributed by atoms with Crippen LogP contribution in [-0.4, -0.2) is 134 Å². The second-order valence-electron chi connectivity index (χ2n) is 8.80. The van der Waals surface area contributed by atoms with Crippen molar-refractivity contribution in [1.82, 2.24) is 18.8 Å². The Balaban J connectivity index is 0.00000341. The van der Waals surface area contributed by atoms with Crippen LogP contribution in [0.4, 0.5) is 10.5 Å². The van der Waals surface area contributed by atoms with Gasteiger partial charge in [-0.3, -0.25) is 0 Å². The van der Waals surface area contributed by atoms with Crippen LogP contribution in [0.3, 0.4) is 0 Å². The summed E-state index contributed by atoms with van der Waals surface area (Å²) < 4.78 is 29.5. The van der Waals surface area contributed by atoms with Gasteiger partial charge in [0.2, 0.25) is 0 Å². The number of hydrogen-bond donors (Lipinski definition) is 2. The zero-order valence-corrected chi connectivity index (χ0v) is 23.6. The molecule has 169 valence electrons. The van der Waals surface area contributed by atoms with Crippen LogP contribution in [0.5, 0.6) is 0 Å². The molecule has 31 heavy (non-hydrogen) atoms. The van der Waals surface area contributed by atoms with Crippen LogP contribution in [0.25, 0.3) is 0 Å². The summed E-state index contributed by atoms with van der Waals surface area (Å²) >= 11 is 0. The molecule has 0 atom stereocenters. The van der Waals surface area contributed by atoms with E-state index in [1.807, 2.05) is 38.0 Å². The Morgan fingerprint density at radius 1 is 0.871 bits per heavy atom. The Kier molecular flexibility index (Phi) is 10.4. The van der Waals surface area contributed by atoms with E-state index < -0.39 is 16.2 Å². The van der Waals surface area contributed by atoms with Crippen molar-refractivity contribution in [3.63, 3.8) is 0 Å². The van der Waals surface area contributed by atoms with Crippen molar-refractivity contribution in [2.75, 3.05) is 59.7 Å². The SMILES string of the molecule is CN(C)CCN(CCN(C)C)S(=O)(=O)NC(=O)Nc1c2c(cc3c1CCC3)CCC2.[K]. The van der Waals surface area contributed by atoms with E-state index in [1.165, 1.54) is 26.6 Å². The normalized spacial score (nSPS) is 15.2. The van der Waals surface area contributed by atoms with Crippen molar-refractivity contribution in [2.24, 2.45) is 0 Å². The number of benzene rings is 1. The largest absolute Gasteiger partial charge is 0.333 e. The fourth-order valence-corrected chi connectivity index (χ4v) is 5.32. The van der Waals surface area contributed by atoms with Crippen molar-refractivity contribution < 1.29 is 13.2 Å². The van der Waals surface area contributed by atoms with Crippen LogP contribution in [0.15, 0.2) is 6.07 Å². The van der Waals surface area contributed by atoms with E-state index in [0.717, 1.165) is 44.2 Å². The van der Waals surface area contributed by atoms with Gasteiger partial charge in [-0.25, -0.2) is 9.52 Å². The van der Waals surface area contributed by atoms with E-state index in [9.17, 15) is 13.2 Å². The molecule has 2 amide bonds. The van der Waals surface area contributed by atoms with Crippen molar-refractivity contribution >= 4 is 73.3 Å². The number of carbonyl (C=O) groups is 1. The molecule has 0 saturated heterocycles. The van der Waals surface area contributed by atoms with E-state index in [1.54, 1.807) is 0 Å². The number of hydrogen-bond acceptors (Lipinski definition) is 5.